The Balaban J connectivity index is 2.62. The number of carbonyl (C=O) groups is 3. The molecule has 0 saturated heterocycles. The molecule has 2 rings (SSSR count). The van der Waals surface area contributed by atoms with Gasteiger partial charge in [0, 0.05) is 17.3 Å². The summed E-state index contributed by atoms with van der Waals surface area (Å²) in [6.07, 6.45) is 0.448. The van der Waals surface area contributed by atoms with Crippen molar-refractivity contribution < 1.29 is 29.3 Å². The van der Waals surface area contributed by atoms with Crippen molar-refractivity contribution in [2.24, 2.45) is 5.92 Å². The molecule has 0 radical (unpaired) electrons. The average molecular weight is 556 g/mol. The van der Waals surface area contributed by atoms with Gasteiger partial charge in [0.25, 0.3) is 5.91 Å². The van der Waals surface area contributed by atoms with E-state index < -0.39 is 48.2 Å². The number of aryl methyl sites for hydroxylation is 2. The summed E-state index contributed by atoms with van der Waals surface area (Å²) >= 11 is 0. The van der Waals surface area contributed by atoms with E-state index in [2.05, 4.69) is 24.5 Å². The summed E-state index contributed by atoms with van der Waals surface area (Å²) in [5.74, 6) is -1.02. The fourth-order valence-electron chi connectivity index (χ4n) is 4.47. The van der Waals surface area contributed by atoms with Crippen molar-refractivity contribution in [3.8, 4) is 5.75 Å². The van der Waals surface area contributed by atoms with Crippen molar-refractivity contribution >= 4 is 23.6 Å². The Hall–Kier alpha value is -3.59. The first-order valence-corrected chi connectivity index (χ1v) is 13.7. The van der Waals surface area contributed by atoms with Crippen LogP contribution in [0.1, 0.15) is 77.1 Å². The third-order valence-electron chi connectivity index (χ3n) is 6.55. The van der Waals surface area contributed by atoms with Gasteiger partial charge in [0.15, 0.2) is 0 Å². The number of alkyl carbamates (subject to hydrolysis) is 1. The zero-order chi connectivity index (χ0) is 30.2. The third-order valence-corrected chi connectivity index (χ3v) is 6.55. The standard InChI is InChI=1S/C31H45N3O6/c1-19(2)16-17-22(5)34(29(38)24(18-35)32-30(39)40-31(6,7)8)27(23-14-9-10-15-25(23)36)28(37)33-26-20(3)12-11-13-21(26)4/h9-15,19,22,24,27,35-36H,16-18H2,1-8H3,(H,32,39)(H,33,37). The van der Waals surface area contributed by atoms with E-state index in [0.717, 1.165) is 17.5 Å². The molecule has 0 bridgehead atoms. The van der Waals surface area contributed by atoms with E-state index in [1.165, 1.54) is 11.0 Å². The molecule has 40 heavy (non-hydrogen) atoms. The van der Waals surface area contributed by atoms with E-state index in [4.69, 9.17) is 4.74 Å². The highest BCUT2D eigenvalue weighted by atomic mass is 16.6. The highest BCUT2D eigenvalue weighted by Gasteiger charge is 2.40. The molecule has 0 aromatic heterocycles. The number of hydrogen-bond donors (Lipinski definition) is 4. The average Bonchev–Trinajstić information content (AvgIpc) is 2.85. The largest absolute Gasteiger partial charge is 0.508 e. The number of benzene rings is 2. The van der Waals surface area contributed by atoms with Gasteiger partial charge in [0.2, 0.25) is 5.91 Å². The SMILES string of the molecule is Cc1cccc(C)c1NC(=O)C(c1ccccc1O)N(C(=O)C(CO)NC(=O)OC(C)(C)C)C(C)CCC(C)C. The number of nitrogens with one attached hydrogen (secondary N) is 2. The molecule has 0 heterocycles. The number of aliphatic hydroxyl groups is 1. The van der Waals surface area contributed by atoms with Crippen molar-refractivity contribution in [2.45, 2.75) is 92.0 Å². The molecule has 0 aliphatic heterocycles. The number of carbonyl (C=O) groups excluding carboxylic acids is 3. The van der Waals surface area contributed by atoms with Crippen LogP contribution in [0.15, 0.2) is 42.5 Å². The van der Waals surface area contributed by atoms with Gasteiger partial charge in [-0.3, -0.25) is 9.59 Å². The van der Waals surface area contributed by atoms with Crippen LogP contribution in [0.25, 0.3) is 0 Å². The molecule has 9 heteroatoms. The number of aromatic hydroxyl groups is 1. The molecule has 3 atom stereocenters. The predicted octanol–water partition coefficient (Wildman–Crippen LogP) is 5.23. The van der Waals surface area contributed by atoms with Gasteiger partial charge in [-0.2, -0.15) is 0 Å². The number of phenolic OH excluding ortho intramolecular Hbond substituents is 1. The number of ether oxygens (including phenoxy) is 1. The van der Waals surface area contributed by atoms with Gasteiger partial charge in [-0.25, -0.2) is 4.79 Å². The molecule has 0 saturated carbocycles. The Morgan fingerprint density at radius 3 is 2.08 bits per heavy atom. The number of rotatable bonds is 11. The van der Waals surface area contributed by atoms with Crippen LogP contribution in [0.5, 0.6) is 5.75 Å². The van der Waals surface area contributed by atoms with Crippen LogP contribution in [0, 0.1) is 19.8 Å². The lowest BCUT2D eigenvalue weighted by molar-refractivity contribution is -0.144. The number of nitrogens with zero attached hydrogens (tertiary/aromatic N) is 1. The van der Waals surface area contributed by atoms with E-state index >= 15 is 0 Å². The summed E-state index contributed by atoms with van der Waals surface area (Å²) in [5, 5.41) is 26.4. The Morgan fingerprint density at radius 2 is 1.55 bits per heavy atom. The van der Waals surface area contributed by atoms with Crippen LogP contribution >= 0.6 is 0 Å². The lowest BCUT2D eigenvalue weighted by Crippen LogP contribution is -2.56. The van der Waals surface area contributed by atoms with E-state index in [9.17, 15) is 24.6 Å². The molecule has 3 unspecified atom stereocenters. The maximum Gasteiger partial charge on any atom is 0.408 e. The van der Waals surface area contributed by atoms with Gasteiger partial charge in [0.05, 0.1) is 6.61 Å². The van der Waals surface area contributed by atoms with Crippen LogP contribution in [0.4, 0.5) is 10.5 Å². The van der Waals surface area contributed by atoms with Gasteiger partial charge in [0.1, 0.15) is 23.4 Å². The van der Waals surface area contributed by atoms with Gasteiger partial charge in [-0.05, 0) is 77.5 Å². The molecule has 0 aliphatic rings. The fraction of sp³-hybridized carbons (Fsp3) is 0.516. The molecule has 0 fully saturated rings. The van der Waals surface area contributed by atoms with Crippen molar-refractivity contribution in [2.75, 3.05) is 11.9 Å². The number of para-hydroxylation sites is 2. The lowest BCUT2D eigenvalue weighted by atomic mass is 9.96. The summed E-state index contributed by atoms with van der Waals surface area (Å²) < 4.78 is 5.31. The van der Waals surface area contributed by atoms with Gasteiger partial charge < -0.3 is 30.5 Å². The zero-order valence-corrected chi connectivity index (χ0v) is 24.9. The van der Waals surface area contributed by atoms with E-state index in [1.807, 2.05) is 39.0 Å². The molecule has 4 N–H and O–H groups in total. The van der Waals surface area contributed by atoms with E-state index in [1.54, 1.807) is 39.0 Å². The highest BCUT2D eigenvalue weighted by molar-refractivity contribution is 6.00. The Bertz CT molecular complexity index is 1150. The van der Waals surface area contributed by atoms with Crippen molar-refractivity contribution in [1.82, 2.24) is 10.2 Å². The van der Waals surface area contributed by atoms with Crippen molar-refractivity contribution in [1.29, 1.82) is 0 Å². The molecular formula is C31H45N3O6. The first-order valence-electron chi connectivity index (χ1n) is 13.7. The van der Waals surface area contributed by atoms with E-state index in [-0.39, 0.29) is 11.3 Å². The summed E-state index contributed by atoms with van der Waals surface area (Å²) in [5.41, 5.74) is 1.71. The van der Waals surface area contributed by atoms with Gasteiger partial charge in [-0.15, -0.1) is 0 Å². The van der Waals surface area contributed by atoms with Crippen molar-refractivity contribution in [3.05, 3.63) is 59.2 Å². The zero-order valence-electron chi connectivity index (χ0n) is 24.9. The van der Waals surface area contributed by atoms with Crippen LogP contribution in [-0.2, 0) is 14.3 Å². The molecule has 2 aromatic rings. The minimum absolute atomic E-state index is 0.154. The molecule has 9 nitrogen and oxygen atoms in total. The molecule has 220 valence electrons. The highest BCUT2D eigenvalue weighted by Crippen LogP contribution is 2.34. The lowest BCUT2D eigenvalue weighted by Gasteiger charge is -2.38. The quantitative estimate of drug-likeness (QED) is 0.301. The Morgan fingerprint density at radius 1 is 0.950 bits per heavy atom. The van der Waals surface area contributed by atoms with Gasteiger partial charge in [-0.1, -0.05) is 50.2 Å². The molecule has 0 aliphatic carbocycles. The first kappa shape index (κ1) is 32.6. The number of aliphatic hydroxyl groups excluding tert-OH is 1. The number of hydrogen-bond acceptors (Lipinski definition) is 6. The summed E-state index contributed by atoms with van der Waals surface area (Å²) in [7, 11) is 0. The van der Waals surface area contributed by atoms with Crippen LogP contribution < -0.4 is 10.6 Å². The van der Waals surface area contributed by atoms with E-state index in [0.29, 0.717) is 18.0 Å². The first-order chi connectivity index (χ1) is 18.7. The van der Waals surface area contributed by atoms with Crippen molar-refractivity contribution in [3.63, 3.8) is 0 Å². The van der Waals surface area contributed by atoms with Crippen LogP contribution in [0.2, 0.25) is 0 Å². The molecular weight excluding hydrogens is 510 g/mol. The fourth-order valence-corrected chi connectivity index (χ4v) is 4.47. The smallest absolute Gasteiger partial charge is 0.408 e. The normalized spacial score (nSPS) is 13.8. The molecule has 2 aromatic carbocycles. The van der Waals surface area contributed by atoms with Gasteiger partial charge >= 0.3 is 6.09 Å². The number of amides is 3. The topological polar surface area (TPSA) is 128 Å². The predicted molar refractivity (Wildman–Crippen MR) is 156 cm³/mol. The van der Waals surface area contributed by atoms with Crippen LogP contribution in [-0.4, -0.2) is 57.3 Å². The summed E-state index contributed by atoms with van der Waals surface area (Å²) in [6.45, 7) is 14.1. The third kappa shape index (κ3) is 8.98. The molecule has 3 amide bonds. The number of phenols is 1. The maximum atomic E-state index is 14.1. The minimum Gasteiger partial charge on any atom is -0.508 e. The monoisotopic (exact) mass is 555 g/mol. The van der Waals surface area contributed by atoms with Crippen LogP contribution in [0.3, 0.4) is 0 Å². The second-order valence-electron chi connectivity index (χ2n) is 11.7. The molecule has 0 spiro atoms. The minimum atomic E-state index is -1.38. The Labute approximate surface area is 237 Å². The summed E-state index contributed by atoms with van der Waals surface area (Å²) in [4.78, 5) is 42.1. The summed E-state index contributed by atoms with van der Waals surface area (Å²) in [6, 6.07) is 8.87. The Kier molecular flexibility index (Phi) is 11.5. The second kappa shape index (κ2) is 14.2. The second-order valence-corrected chi connectivity index (χ2v) is 11.7. The maximum absolute atomic E-state index is 14.1. The number of anilines is 1.